The van der Waals surface area contributed by atoms with Crippen LogP contribution in [0.2, 0.25) is 0 Å². The Kier molecular flexibility index (Phi) is 4.54. The van der Waals surface area contributed by atoms with E-state index in [1.165, 1.54) is 0 Å². The molecule has 0 bridgehead atoms. The molecule has 0 aromatic carbocycles. The van der Waals surface area contributed by atoms with E-state index in [0.29, 0.717) is 32.1 Å². The average molecular weight is 254 g/mol. The fourth-order valence-corrected chi connectivity index (χ4v) is 1.74. The number of hydrogen-bond acceptors (Lipinski definition) is 4. The molecule has 7 heteroatoms. The van der Waals surface area contributed by atoms with Crippen LogP contribution in [0.15, 0.2) is 12.4 Å². The van der Waals surface area contributed by atoms with Crippen molar-refractivity contribution in [3.8, 4) is 0 Å². The fourth-order valence-electron chi connectivity index (χ4n) is 1.74. The molecule has 1 aliphatic rings. The van der Waals surface area contributed by atoms with Crippen LogP contribution in [0.3, 0.4) is 0 Å². The van der Waals surface area contributed by atoms with Gasteiger partial charge in [0.05, 0.1) is 37.7 Å². The highest BCUT2D eigenvalue weighted by atomic mass is 16.5. The third kappa shape index (κ3) is 3.71. The van der Waals surface area contributed by atoms with Crippen molar-refractivity contribution < 1.29 is 14.3 Å². The highest BCUT2D eigenvalue weighted by Gasteiger charge is 2.17. The van der Waals surface area contributed by atoms with Crippen LogP contribution in [0.25, 0.3) is 0 Å². The summed E-state index contributed by atoms with van der Waals surface area (Å²) in [7, 11) is 1.64. The molecule has 1 aromatic rings. The molecule has 1 unspecified atom stereocenters. The maximum absolute atomic E-state index is 11.7. The number of nitrogens with zero attached hydrogens (tertiary/aromatic N) is 2. The van der Waals surface area contributed by atoms with Crippen LogP contribution in [0, 0.1) is 0 Å². The van der Waals surface area contributed by atoms with Gasteiger partial charge in [0, 0.05) is 19.9 Å². The molecule has 0 aliphatic carbocycles. The van der Waals surface area contributed by atoms with Crippen molar-refractivity contribution >= 4 is 11.7 Å². The lowest BCUT2D eigenvalue weighted by Gasteiger charge is -2.10. The molecule has 0 saturated carbocycles. The number of hydrogen-bond donors (Lipinski definition) is 2. The van der Waals surface area contributed by atoms with Gasteiger partial charge in [0.2, 0.25) is 0 Å². The Bertz CT molecular complexity index is 387. The summed E-state index contributed by atoms with van der Waals surface area (Å²) in [5.41, 5.74) is 0.669. The number of carbonyl (C=O) groups excluding carboxylic acids is 1. The minimum absolute atomic E-state index is 0.105. The van der Waals surface area contributed by atoms with Crippen molar-refractivity contribution in [3.63, 3.8) is 0 Å². The van der Waals surface area contributed by atoms with Gasteiger partial charge < -0.3 is 20.1 Å². The first-order valence-corrected chi connectivity index (χ1v) is 5.94. The van der Waals surface area contributed by atoms with E-state index in [9.17, 15) is 4.79 Å². The van der Waals surface area contributed by atoms with Gasteiger partial charge in [-0.25, -0.2) is 4.79 Å². The van der Waals surface area contributed by atoms with E-state index in [1.54, 1.807) is 24.2 Å². The van der Waals surface area contributed by atoms with Gasteiger partial charge in [-0.15, -0.1) is 0 Å². The van der Waals surface area contributed by atoms with Gasteiger partial charge >= 0.3 is 6.03 Å². The molecule has 100 valence electrons. The smallest absolute Gasteiger partial charge is 0.319 e. The molecule has 1 fully saturated rings. The number of rotatable bonds is 5. The molecule has 2 rings (SSSR count). The number of anilines is 1. The Morgan fingerprint density at radius 1 is 1.72 bits per heavy atom. The largest absolute Gasteiger partial charge is 0.383 e. The topological polar surface area (TPSA) is 77.4 Å². The minimum atomic E-state index is -0.225. The predicted molar refractivity (Wildman–Crippen MR) is 65.5 cm³/mol. The molecule has 1 saturated heterocycles. The number of carbonyl (C=O) groups is 1. The summed E-state index contributed by atoms with van der Waals surface area (Å²) in [6, 6.07) is -0.120. The van der Waals surface area contributed by atoms with Crippen molar-refractivity contribution in [1.29, 1.82) is 0 Å². The second kappa shape index (κ2) is 6.36. The molecule has 1 aliphatic heterocycles. The van der Waals surface area contributed by atoms with Gasteiger partial charge in [-0.3, -0.25) is 4.68 Å². The highest BCUT2D eigenvalue weighted by Crippen LogP contribution is 2.06. The van der Waals surface area contributed by atoms with Gasteiger partial charge in [0.1, 0.15) is 0 Å². The Labute approximate surface area is 105 Å². The third-order valence-corrected chi connectivity index (χ3v) is 2.68. The van der Waals surface area contributed by atoms with Crippen LogP contribution in [-0.2, 0) is 16.0 Å². The Hall–Kier alpha value is -1.60. The number of methoxy groups -OCH3 is 1. The highest BCUT2D eigenvalue weighted by molar-refractivity contribution is 5.89. The van der Waals surface area contributed by atoms with Crippen molar-refractivity contribution in [2.24, 2.45) is 0 Å². The Balaban J connectivity index is 1.77. The van der Waals surface area contributed by atoms with Crippen molar-refractivity contribution in [3.05, 3.63) is 12.4 Å². The second-order valence-electron chi connectivity index (χ2n) is 4.14. The number of ether oxygens (including phenoxy) is 2. The summed E-state index contributed by atoms with van der Waals surface area (Å²) in [4.78, 5) is 11.7. The predicted octanol–water partition coefficient (Wildman–Crippen LogP) is 0.440. The fraction of sp³-hybridized carbons (Fsp3) is 0.636. The molecule has 18 heavy (non-hydrogen) atoms. The van der Waals surface area contributed by atoms with Gasteiger partial charge in [-0.1, -0.05) is 0 Å². The maximum atomic E-state index is 11.7. The summed E-state index contributed by atoms with van der Waals surface area (Å²) in [5.74, 6) is 0. The lowest BCUT2D eigenvalue weighted by atomic mass is 10.3. The number of urea groups is 1. The SMILES string of the molecule is COCCn1cc(NC(=O)NC2CCOC2)cn1. The van der Waals surface area contributed by atoms with E-state index in [4.69, 9.17) is 9.47 Å². The zero-order valence-corrected chi connectivity index (χ0v) is 10.4. The molecule has 2 amide bonds. The van der Waals surface area contributed by atoms with Crippen LogP contribution in [0.4, 0.5) is 10.5 Å². The zero-order valence-electron chi connectivity index (χ0n) is 10.4. The quantitative estimate of drug-likeness (QED) is 0.799. The standard InChI is InChI=1S/C11H18N4O3/c1-17-5-3-15-7-10(6-12-15)14-11(16)13-9-2-4-18-8-9/h6-7,9H,2-5,8H2,1H3,(H2,13,14,16). The second-order valence-corrected chi connectivity index (χ2v) is 4.14. The molecule has 2 heterocycles. The van der Waals surface area contributed by atoms with Gasteiger partial charge in [-0.2, -0.15) is 5.10 Å². The van der Waals surface area contributed by atoms with E-state index in [2.05, 4.69) is 15.7 Å². The van der Waals surface area contributed by atoms with E-state index in [1.807, 2.05) is 0 Å². The Morgan fingerprint density at radius 3 is 3.33 bits per heavy atom. The van der Waals surface area contributed by atoms with Crippen LogP contribution in [0.1, 0.15) is 6.42 Å². The van der Waals surface area contributed by atoms with E-state index in [0.717, 1.165) is 6.42 Å². The lowest BCUT2D eigenvalue weighted by Crippen LogP contribution is -2.38. The van der Waals surface area contributed by atoms with Gasteiger partial charge in [0.25, 0.3) is 0 Å². The molecule has 1 aromatic heterocycles. The molecular formula is C11H18N4O3. The summed E-state index contributed by atoms with van der Waals surface area (Å²) in [5, 5.41) is 9.69. The first-order chi connectivity index (χ1) is 8.78. The first kappa shape index (κ1) is 12.8. The lowest BCUT2D eigenvalue weighted by molar-refractivity contribution is 0.183. The summed E-state index contributed by atoms with van der Waals surface area (Å²) >= 11 is 0. The molecule has 0 radical (unpaired) electrons. The monoisotopic (exact) mass is 254 g/mol. The average Bonchev–Trinajstić information content (AvgIpc) is 2.98. The van der Waals surface area contributed by atoms with Gasteiger partial charge in [-0.05, 0) is 6.42 Å². The van der Waals surface area contributed by atoms with Crippen molar-refractivity contribution in [2.75, 3.05) is 32.2 Å². The summed E-state index contributed by atoms with van der Waals surface area (Å²) < 4.78 is 11.9. The van der Waals surface area contributed by atoms with Gasteiger partial charge in [0.15, 0.2) is 0 Å². The molecular weight excluding hydrogens is 236 g/mol. The van der Waals surface area contributed by atoms with Crippen LogP contribution < -0.4 is 10.6 Å². The summed E-state index contributed by atoms with van der Waals surface area (Å²) in [6.45, 7) is 2.55. The van der Waals surface area contributed by atoms with E-state index < -0.39 is 0 Å². The molecule has 7 nitrogen and oxygen atoms in total. The number of amides is 2. The Morgan fingerprint density at radius 2 is 2.61 bits per heavy atom. The summed E-state index contributed by atoms with van der Waals surface area (Å²) in [6.07, 6.45) is 4.24. The van der Waals surface area contributed by atoms with Crippen LogP contribution in [-0.4, -0.2) is 48.8 Å². The normalized spacial score (nSPS) is 18.8. The van der Waals surface area contributed by atoms with Crippen molar-refractivity contribution in [1.82, 2.24) is 15.1 Å². The zero-order chi connectivity index (χ0) is 12.8. The first-order valence-electron chi connectivity index (χ1n) is 5.94. The molecule has 2 N–H and O–H groups in total. The van der Waals surface area contributed by atoms with Crippen LogP contribution in [0.5, 0.6) is 0 Å². The van der Waals surface area contributed by atoms with E-state index >= 15 is 0 Å². The minimum Gasteiger partial charge on any atom is -0.383 e. The number of nitrogens with one attached hydrogen (secondary N) is 2. The van der Waals surface area contributed by atoms with E-state index in [-0.39, 0.29) is 12.1 Å². The maximum Gasteiger partial charge on any atom is 0.319 e. The number of aromatic nitrogens is 2. The van der Waals surface area contributed by atoms with Crippen molar-refractivity contribution in [2.45, 2.75) is 19.0 Å². The van der Waals surface area contributed by atoms with Crippen LogP contribution >= 0.6 is 0 Å². The third-order valence-electron chi connectivity index (χ3n) is 2.68. The molecule has 0 spiro atoms. The molecule has 1 atom stereocenters.